The molecular formula is C12H22BrNO2. The largest absolute Gasteiger partial charge is 0.366 e. The van der Waals surface area contributed by atoms with E-state index in [1.54, 1.807) is 0 Å². The number of carbonyl (C=O) groups is 1. The van der Waals surface area contributed by atoms with Crippen molar-refractivity contribution in [1.82, 2.24) is 4.90 Å². The fraction of sp³-hybridized carbons (Fsp3) is 0.917. The van der Waals surface area contributed by atoms with Gasteiger partial charge in [-0.1, -0.05) is 22.9 Å². The summed E-state index contributed by atoms with van der Waals surface area (Å²) < 4.78 is 5.53. The molecule has 2 atom stereocenters. The Morgan fingerprint density at radius 3 is 2.62 bits per heavy atom. The van der Waals surface area contributed by atoms with Gasteiger partial charge in [0.15, 0.2) is 0 Å². The van der Waals surface area contributed by atoms with Gasteiger partial charge in [-0.2, -0.15) is 0 Å². The average molecular weight is 292 g/mol. The number of carbonyl (C=O) groups excluding carboxylic acids is 1. The lowest BCUT2D eigenvalue weighted by Crippen LogP contribution is -2.41. The monoisotopic (exact) mass is 291 g/mol. The van der Waals surface area contributed by atoms with Crippen molar-refractivity contribution in [1.29, 1.82) is 0 Å². The topological polar surface area (TPSA) is 29.5 Å². The summed E-state index contributed by atoms with van der Waals surface area (Å²) in [6.07, 6.45) is 1.09. The van der Waals surface area contributed by atoms with Crippen LogP contribution in [-0.2, 0) is 9.53 Å². The van der Waals surface area contributed by atoms with Gasteiger partial charge in [-0.15, -0.1) is 0 Å². The molecule has 0 aliphatic carbocycles. The van der Waals surface area contributed by atoms with Crippen molar-refractivity contribution in [2.24, 2.45) is 5.92 Å². The Labute approximate surface area is 107 Å². The Morgan fingerprint density at radius 1 is 1.50 bits per heavy atom. The van der Waals surface area contributed by atoms with Crippen molar-refractivity contribution in [3.63, 3.8) is 0 Å². The van der Waals surface area contributed by atoms with Crippen molar-refractivity contribution in [2.75, 3.05) is 18.5 Å². The maximum Gasteiger partial charge on any atom is 0.248 e. The minimum atomic E-state index is -0.245. The Balaban J connectivity index is 2.48. The van der Waals surface area contributed by atoms with E-state index in [1.165, 1.54) is 0 Å². The molecule has 4 heteroatoms. The molecule has 1 aliphatic heterocycles. The Morgan fingerprint density at radius 2 is 2.12 bits per heavy atom. The minimum Gasteiger partial charge on any atom is -0.366 e. The molecule has 1 rings (SSSR count). The lowest BCUT2D eigenvalue weighted by Gasteiger charge is -2.27. The Bertz CT molecular complexity index is 250. The van der Waals surface area contributed by atoms with E-state index in [-0.39, 0.29) is 18.1 Å². The number of alkyl halides is 1. The third kappa shape index (κ3) is 3.74. The molecule has 16 heavy (non-hydrogen) atoms. The van der Waals surface area contributed by atoms with Crippen molar-refractivity contribution >= 4 is 21.8 Å². The van der Waals surface area contributed by atoms with E-state index in [4.69, 9.17) is 4.74 Å². The van der Waals surface area contributed by atoms with E-state index in [2.05, 4.69) is 22.9 Å². The number of halogens is 1. The van der Waals surface area contributed by atoms with Crippen molar-refractivity contribution in [3.8, 4) is 0 Å². The van der Waals surface area contributed by atoms with E-state index in [0.717, 1.165) is 18.3 Å². The van der Waals surface area contributed by atoms with Crippen molar-refractivity contribution < 1.29 is 9.53 Å². The predicted octanol–water partition coefficient (Wildman–Crippen LogP) is 2.43. The summed E-state index contributed by atoms with van der Waals surface area (Å²) in [6.45, 7) is 9.16. The van der Waals surface area contributed by atoms with Gasteiger partial charge in [0, 0.05) is 17.9 Å². The Kier molecular flexibility index (Phi) is 4.80. The van der Waals surface area contributed by atoms with Crippen LogP contribution in [0.4, 0.5) is 0 Å². The van der Waals surface area contributed by atoms with Crippen LogP contribution in [0, 0.1) is 5.92 Å². The number of hydrogen-bond acceptors (Lipinski definition) is 2. The molecule has 1 fully saturated rings. The second-order valence-corrected chi connectivity index (χ2v) is 6.12. The third-order valence-electron chi connectivity index (χ3n) is 2.99. The van der Waals surface area contributed by atoms with E-state index in [0.29, 0.717) is 12.0 Å². The first kappa shape index (κ1) is 14.0. The first-order valence-electron chi connectivity index (χ1n) is 5.84. The van der Waals surface area contributed by atoms with Crippen LogP contribution in [0.25, 0.3) is 0 Å². The van der Waals surface area contributed by atoms with Crippen LogP contribution in [0.5, 0.6) is 0 Å². The molecule has 0 bridgehead atoms. The van der Waals surface area contributed by atoms with Crippen LogP contribution < -0.4 is 0 Å². The van der Waals surface area contributed by atoms with Crippen LogP contribution >= 0.6 is 15.9 Å². The summed E-state index contributed by atoms with van der Waals surface area (Å²) in [4.78, 5) is 13.9. The number of ether oxygens (including phenoxy) is 1. The smallest absolute Gasteiger partial charge is 0.248 e. The minimum absolute atomic E-state index is 0.115. The first-order valence-corrected chi connectivity index (χ1v) is 6.96. The van der Waals surface area contributed by atoms with E-state index in [9.17, 15) is 4.79 Å². The van der Waals surface area contributed by atoms with Gasteiger partial charge in [0.05, 0.1) is 5.60 Å². The summed E-state index contributed by atoms with van der Waals surface area (Å²) in [5, 5.41) is 0.857. The van der Waals surface area contributed by atoms with E-state index in [1.807, 2.05) is 25.7 Å². The molecule has 0 N–H and O–H groups in total. The molecule has 0 saturated carbocycles. The highest BCUT2D eigenvalue weighted by Gasteiger charge is 2.33. The van der Waals surface area contributed by atoms with Gasteiger partial charge in [0.2, 0.25) is 5.91 Å². The molecule has 0 radical (unpaired) electrons. The zero-order chi connectivity index (χ0) is 12.3. The standard InChI is InChI=1S/C12H22BrNO2/c1-9-5-6-14(10(9)7-13)11(15)8-16-12(2,3)4/h9-10H,5-8H2,1-4H3. The quantitative estimate of drug-likeness (QED) is 0.748. The summed E-state index contributed by atoms with van der Waals surface area (Å²) in [6, 6.07) is 0.330. The SMILES string of the molecule is CC1CCN(C(=O)COC(C)(C)C)C1CBr. The molecule has 1 amide bonds. The molecular weight excluding hydrogens is 270 g/mol. The van der Waals surface area contributed by atoms with Gasteiger partial charge >= 0.3 is 0 Å². The van der Waals surface area contributed by atoms with Gasteiger partial charge in [-0.25, -0.2) is 0 Å². The summed E-state index contributed by atoms with van der Waals surface area (Å²) in [7, 11) is 0. The zero-order valence-electron chi connectivity index (χ0n) is 10.6. The zero-order valence-corrected chi connectivity index (χ0v) is 12.2. The number of likely N-dealkylation sites (tertiary alicyclic amines) is 1. The second-order valence-electron chi connectivity index (χ2n) is 5.48. The molecule has 94 valence electrons. The van der Waals surface area contributed by atoms with Gasteiger partial charge in [-0.05, 0) is 33.1 Å². The molecule has 0 aromatic carbocycles. The number of nitrogens with zero attached hydrogens (tertiary/aromatic N) is 1. The summed E-state index contributed by atoms with van der Waals surface area (Å²) in [5.74, 6) is 0.696. The lowest BCUT2D eigenvalue weighted by atomic mass is 10.1. The van der Waals surface area contributed by atoms with Gasteiger partial charge in [0.25, 0.3) is 0 Å². The highest BCUT2D eigenvalue weighted by Crippen LogP contribution is 2.25. The fourth-order valence-corrected chi connectivity index (χ4v) is 2.90. The van der Waals surface area contributed by atoms with Crippen LogP contribution in [0.2, 0.25) is 0 Å². The van der Waals surface area contributed by atoms with Gasteiger partial charge < -0.3 is 9.64 Å². The average Bonchev–Trinajstić information content (AvgIpc) is 2.54. The van der Waals surface area contributed by atoms with Gasteiger partial charge in [0.1, 0.15) is 6.61 Å². The van der Waals surface area contributed by atoms with Crippen LogP contribution in [0.1, 0.15) is 34.1 Å². The molecule has 1 heterocycles. The molecule has 0 spiro atoms. The summed E-state index contributed by atoms with van der Waals surface area (Å²) in [5.41, 5.74) is -0.245. The fourth-order valence-electron chi connectivity index (χ4n) is 1.91. The maximum atomic E-state index is 12.0. The number of amides is 1. The normalized spacial score (nSPS) is 26.2. The van der Waals surface area contributed by atoms with Crippen molar-refractivity contribution in [2.45, 2.75) is 45.8 Å². The van der Waals surface area contributed by atoms with Crippen LogP contribution in [-0.4, -0.2) is 40.9 Å². The Hall–Kier alpha value is -0.0900. The van der Waals surface area contributed by atoms with Gasteiger partial charge in [-0.3, -0.25) is 4.79 Å². The van der Waals surface area contributed by atoms with E-state index < -0.39 is 0 Å². The molecule has 3 nitrogen and oxygen atoms in total. The predicted molar refractivity (Wildman–Crippen MR) is 68.8 cm³/mol. The first-order chi connectivity index (χ1) is 7.35. The van der Waals surface area contributed by atoms with E-state index >= 15 is 0 Å². The maximum absolute atomic E-state index is 12.0. The number of hydrogen-bond donors (Lipinski definition) is 0. The number of rotatable bonds is 3. The second kappa shape index (κ2) is 5.50. The molecule has 0 aromatic heterocycles. The molecule has 1 aliphatic rings. The lowest BCUT2D eigenvalue weighted by molar-refractivity contribution is -0.141. The molecule has 0 aromatic rings. The van der Waals surface area contributed by atoms with Crippen LogP contribution in [0.15, 0.2) is 0 Å². The highest BCUT2D eigenvalue weighted by atomic mass is 79.9. The molecule has 2 unspecified atom stereocenters. The molecule has 1 saturated heterocycles. The van der Waals surface area contributed by atoms with Crippen molar-refractivity contribution in [3.05, 3.63) is 0 Å². The third-order valence-corrected chi connectivity index (χ3v) is 3.65. The van der Waals surface area contributed by atoms with Crippen LogP contribution in [0.3, 0.4) is 0 Å². The highest BCUT2D eigenvalue weighted by molar-refractivity contribution is 9.09. The summed E-state index contributed by atoms with van der Waals surface area (Å²) >= 11 is 3.48.